The topological polar surface area (TPSA) is 45.2 Å². The molecular formula is C17H23N5. The van der Waals surface area contributed by atoms with E-state index in [2.05, 4.69) is 34.2 Å². The van der Waals surface area contributed by atoms with Crippen molar-refractivity contribution in [3.05, 3.63) is 42.1 Å². The molecule has 0 bridgehead atoms. The molecule has 5 heteroatoms. The molecule has 1 aromatic carbocycles. The molecule has 0 radical (unpaired) electrons. The summed E-state index contributed by atoms with van der Waals surface area (Å²) in [6.07, 6.45) is 4.22. The van der Waals surface area contributed by atoms with Gasteiger partial charge in [0.15, 0.2) is 5.82 Å². The normalized spacial score (nSPS) is 15.8. The van der Waals surface area contributed by atoms with Crippen LogP contribution in [0.4, 0.5) is 11.8 Å². The van der Waals surface area contributed by atoms with Gasteiger partial charge in [0, 0.05) is 26.7 Å². The molecule has 0 spiro atoms. The third-order valence-corrected chi connectivity index (χ3v) is 4.25. The van der Waals surface area contributed by atoms with E-state index >= 15 is 0 Å². The first-order valence-electron chi connectivity index (χ1n) is 7.92. The predicted octanol–water partition coefficient (Wildman–Crippen LogP) is 2.74. The van der Waals surface area contributed by atoms with E-state index in [1.807, 2.05) is 30.1 Å². The molecule has 22 heavy (non-hydrogen) atoms. The van der Waals surface area contributed by atoms with Gasteiger partial charge in [0.1, 0.15) is 0 Å². The van der Waals surface area contributed by atoms with E-state index in [1.165, 1.54) is 18.4 Å². The summed E-state index contributed by atoms with van der Waals surface area (Å²) in [6.45, 7) is 5.21. The fraction of sp³-hybridized carbons (Fsp3) is 0.471. The van der Waals surface area contributed by atoms with E-state index < -0.39 is 0 Å². The molecule has 2 heterocycles. The summed E-state index contributed by atoms with van der Waals surface area (Å²) in [6, 6.07) is 10.3. The van der Waals surface area contributed by atoms with Crippen LogP contribution in [0.1, 0.15) is 25.3 Å². The molecule has 1 saturated heterocycles. The molecule has 1 fully saturated rings. The van der Waals surface area contributed by atoms with Gasteiger partial charge in [0.05, 0.1) is 6.20 Å². The van der Waals surface area contributed by atoms with E-state index in [1.54, 1.807) is 6.20 Å². The minimum absolute atomic E-state index is 0.681. The number of nitrogens with zero attached hydrogens (tertiary/aromatic N) is 5. The zero-order valence-electron chi connectivity index (χ0n) is 13.3. The maximum atomic E-state index is 4.70. The lowest BCUT2D eigenvalue weighted by molar-refractivity contribution is 0.436. The third kappa shape index (κ3) is 3.53. The highest BCUT2D eigenvalue weighted by molar-refractivity contribution is 5.42. The second-order valence-electron chi connectivity index (χ2n) is 6.13. The number of hydrogen-bond donors (Lipinski definition) is 0. The number of anilines is 2. The van der Waals surface area contributed by atoms with E-state index in [0.29, 0.717) is 5.95 Å². The molecule has 116 valence electrons. The summed E-state index contributed by atoms with van der Waals surface area (Å²) in [5.41, 5.74) is 1.24. The summed E-state index contributed by atoms with van der Waals surface area (Å²) in [7, 11) is 2.01. The van der Waals surface area contributed by atoms with Crippen LogP contribution in [0, 0.1) is 5.92 Å². The van der Waals surface area contributed by atoms with Gasteiger partial charge >= 0.3 is 0 Å². The molecule has 0 saturated carbocycles. The third-order valence-electron chi connectivity index (χ3n) is 4.25. The van der Waals surface area contributed by atoms with Gasteiger partial charge in [-0.25, -0.2) is 0 Å². The van der Waals surface area contributed by atoms with Crippen LogP contribution in [0.5, 0.6) is 0 Å². The molecule has 0 amide bonds. The van der Waals surface area contributed by atoms with Crippen LogP contribution in [0.25, 0.3) is 0 Å². The second kappa shape index (κ2) is 6.73. The Kier molecular flexibility index (Phi) is 4.51. The average molecular weight is 297 g/mol. The summed E-state index contributed by atoms with van der Waals surface area (Å²) in [5, 5.41) is 8.33. The highest BCUT2D eigenvalue weighted by Crippen LogP contribution is 2.21. The number of rotatable bonds is 4. The quantitative estimate of drug-likeness (QED) is 0.868. The highest BCUT2D eigenvalue weighted by Gasteiger charge is 2.18. The largest absolute Gasteiger partial charge is 0.355 e. The Labute approximate surface area is 132 Å². The minimum atomic E-state index is 0.681. The Morgan fingerprint density at radius 3 is 2.64 bits per heavy atom. The van der Waals surface area contributed by atoms with Crippen molar-refractivity contribution in [2.75, 3.05) is 29.9 Å². The van der Waals surface area contributed by atoms with Gasteiger partial charge in [-0.15, -0.1) is 5.10 Å². The van der Waals surface area contributed by atoms with Crippen molar-refractivity contribution in [2.45, 2.75) is 26.3 Å². The highest BCUT2D eigenvalue weighted by atomic mass is 15.3. The van der Waals surface area contributed by atoms with Crippen molar-refractivity contribution < 1.29 is 0 Å². The maximum absolute atomic E-state index is 4.70. The van der Waals surface area contributed by atoms with E-state index in [9.17, 15) is 0 Å². The van der Waals surface area contributed by atoms with Crippen LogP contribution in [0.15, 0.2) is 36.5 Å². The zero-order valence-corrected chi connectivity index (χ0v) is 13.3. The van der Waals surface area contributed by atoms with Crippen LogP contribution in [0.3, 0.4) is 0 Å². The molecule has 0 unspecified atom stereocenters. The molecule has 1 aromatic heterocycles. The van der Waals surface area contributed by atoms with E-state index in [4.69, 9.17) is 4.98 Å². The SMILES string of the molecule is CC1CCN(c2cnnc(N(C)Cc3ccccc3)n2)CC1. The molecule has 5 nitrogen and oxygen atoms in total. The zero-order chi connectivity index (χ0) is 15.4. The van der Waals surface area contributed by atoms with Gasteiger partial charge in [-0.3, -0.25) is 0 Å². The molecule has 2 aromatic rings. The summed E-state index contributed by atoms with van der Waals surface area (Å²) >= 11 is 0. The second-order valence-corrected chi connectivity index (χ2v) is 6.13. The Morgan fingerprint density at radius 2 is 1.91 bits per heavy atom. The van der Waals surface area contributed by atoms with Crippen LogP contribution in [0.2, 0.25) is 0 Å². The lowest BCUT2D eigenvalue weighted by atomic mass is 9.99. The Hall–Kier alpha value is -2.17. The molecule has 0 aliphatic carbocycles. The summed E-state index contributed by atoms with van der Waals surface area (Å²) in [5.74, 6) is 2.43. The fourth-order valence-electron chi connectivity index (χ4n) is 2.77. The van der Waals surface area contributed by atoms with Gasteiger partial charge < -0.3 is 9.80 Å². The van der Waals surface area contributed by atoms with Crippen molar-refractivity contribution in [2.24, 2.45) is 5.92 Å². The van der Waals surface area contributed by atoms with Gasteiger partial charge in [-0.1, -0.05) is 37.3 Å². The van der Waals surface area contributed by atoms with Crippen LogP contribution in [-0.4, -0.2) is 35.3 Å². The van der Waals surface area contributed by atoms with Gasteiger partial charge in [0.2, 0.25) is 5.95 Å². The van der Waals surface area contributed by atoms with E-state index in [-0.39, 0.29) is 0 Å². The van der Waals surface area contributed by atoms with Crippen molar-refractivity contribution >= 4 is 11.8 Å². The number of aromatic nitrogens is 3. The van der Waals surface area contributed by atoms with Crippen molar-refractivity contribution in [3.63, 3.8) is 0 Å². The predicted molar refractivity (Wildman–Crippen MR) is 89.0 cm³/mol. The molecule has 1 aliphatic heterocycles. The first kappa shape index (κ1) is 14.8. The Morgan fingerprint density at radius 1 is 1.18 bits per heavy atom. The van der Waals surface area contributed by atoms with Gasteiger partial charge in [0.25, 0.3) is 0 Å². The fourth-order valence-corrected chi connectivity index (χ4v) is 2.77. The summed E-state index contributed by atoms with van der Waals surface area (Å²) < 4.78 is 0. The first-order chi connectivity index (χ1) is 10.7. The number of hydrogen-bond acceptors (Lipinski definition) is 5. The average Bonchev–Trinajstić information content (AvgIpc) is 2.56. The van der Waals surface area contributed by atoms with Crippen molar-refractivity contribution in [1.29, 1.82) is 0 Å². The molecular weight excluding hydrogens is 274 g/mol. The first-order valence-corrected chi connectivity index (χ1v) is 7.92. The monoisotopic (exact) mass is 297 g/mol. The number of benzene rings is 1. The van der Waals surface area contributed by atoms with Crippen molar-refractivity contribution in [3.8, 4) is 0 Å². The lowest BCUT2D eigenvalue weighted by Crippen LogP contribution is -2.34. The van der Waals surface area contributed by atoms with Gasteiger partial charge in [-0.05, 0) is 24.3 Å². The lowest BCUT2D eigenvalue weighted by Gasteiger charge is -2.31. The van der Waals surface area contributed by atoms with Crippen LogP contribution in [-0.2, 0) is 6.54 Å². The Bertz CT molecular complexity index is 593. The van der Waals surface area contributed by atoms with Crippen LogP contribution < -0.4 is 9.80 Å². The molecule has 1 aliphatic rings. The maximum Gasteiger partial charge on any atom is 0.247 e. The van der Waals surface area contributed by atoms with E-state index in [0.717, 1.165) is 31.4 Å². The molecule has 0 atom stereocenters. The van der Waals surface area contributed by atoms with Gasteiger partial charge in [-0.2, -0.15) is 10.1 Å². The molecule has 0 N–H and O–H groups in total. The smallest absolute Gasteiger partial charge is 0.247 e. The minimum Gasteiger partial charge on any atom is -0.355 e. The van der Waals surface area contributed by atoms with Crippen molar-refractivity contribution in [1.82, 2.24) is 15.2 Å². The molecule has 3 rings (SSSR count). The van der Waals surface area contributed by atoms with Crippen LogP contribution >= 0.6 is 0 Å². The Balaban J connectivity index is 1.70. The standard InChI is InChI=1S/C17H23N5/c1-14-8-10-22(11-9-14)16-12-18-20-17(19-16)21(2)13-15-6-4-3-5-7-15/h3-7,12,14H,8-11,13H2,1-2H3. The number of piperidine rings is 1. The summed E-state index contributed by atoms with van der Waals surface area (Å²) in [4.78, 5) is 9.05.